The largest absolute Gasteiger partial charge is 0.483 e. The maximum absolute atomic E-state index is 13.4. The lowest BCUT2D eigenvalue weighted by Crippen LogP contribution is -2.42. The van der Waals surface area contributed by atoms with Gasteiger partial charge in [-0.25, -0.2) is 4.98 Å². The highest BCUT2D eigenvalue weighted by Crippen LogP contribution is 2.36. The van der Waals surface area contributed by atoms with Gasteiger partial charge in [-0.05, 0) is 47.7 Å². The number of carbonyl (C=O) groups is 3. The molecule has 0 fully saturated rings. The normalized spacial score (nSPS) is 15.7. The quantitative estimate of drug-likeness (QED) is 0.332. The molecule has 3 aromatic carbocycles. The van der Waals surface area contributed by atoms with Gasteiger partial charge in [0.15, 0.2) is 5.78 Å². The molecular weight excluding hydrogens is 478 g/mol. The zero-order valence-electron chi connectivity index (χ0n) is 20.9. The monoisotopic (exact) mass is 505 g/mol. The maximum atomic E-state index is 13.4. The molecule has 38 heavy (non-hydrogen) atoms. The molecular formula is C31H27N3O4. The highest BCUT2D eigenvalue weighted by Gasteiger charge is 2.33. The fraction of sp³-hybridized carbons (Fsp3) is 0.226. The lowest BCUT2D eigenvalue weighted by atomic mass is 9.86. The number of hydrogen-bond donors (Lipinski definition) is 0. The first-order chi connectivity index (χ1) is 18.6. The average molecular weight is 506 g/mol. The van der Waals surface area contributed by atoms with E-state index in [1.807, 2.05) is 71.4 Å². The van der Waals surface area contributed by atoms with Crippen molar-refractivity contribution in [2.24, 2.45) is 0 Å². The van der Waals surface area contributed by atoms with E-state index < -0.39 is 0 Å². The van der Waals surface area contributed by atoms with E-state index in [-0.39, 0.29) is 36.7 Å². The molecule has 7 nitrogen and oxygen atoms in total. The number of aromatic nitrogens is 2. The Morgan fingerprint density at radius 3 is 2.53 bits per heavy atom. The number of benzene rings is 3. The summed E-state index contributed by atoms with van der Waals surface area (Å²) in [4.78, 5) is 44.8. The molecule has 1 aromatic heterocycles. The van der Waals surface area contributed by atoms with E-state index in [9.17, 15) is 14.4 Å². The van der Waals surface area contributed by atoms with Crippen molar-refractivity contribution in [1.29, 1.82) is 0 Å². The third-order valence-electron chi connectivity index (χ3n) is 7.35. The molecule has 190 valence electrons. The third-order valence-corrected chi connectivity index (χ3v) is 7.35. The SMILES string of the molecule is O=C1CCCc2c1ccc(O[C@H](Cn1ccnc1)c1ccccc1)c2CN1C(=O)Cc2ccccc2C1=O. The number of imide groups is 1. The average Bonchev–Trinajstić information content (AvgIpc) is 3.45. The first-order valence-corrected chi connectivity index (χ1v) is 12.9. The first kappa shape index (κ1) is 23.9. The minimum atomic E-state index is -0.352. The van der Waals surface area contributed by atoms with E-state index in [1.54, 1.807) is 18.6 Å². The van der Waals surface area contributed by atoms with Gasteiger partial charge in [-0.3, -0.25) is 19.3 Å². The third kappa shape index (κ3) is 4.52. The van der Waals surface area contributed by atoms with Crippen molar-refractivity contribution in [3.8, 4) is 5.75 Å². The van der Waals surface area contributed by atoms with Crippen LogP contribution >= 0.6 is 0 Å². The second-order valence-electron chi connectivity index (χ2n) is 9.74. The van der Waals surface area contributed by atoms with Crippen molar-refractivity contribution in [2.75, 3.05) is 0 Å². The van der Waals surface area contributed by atoms with Crippen molar-refractivity contribution in [3.63, 3.8) is 0 Å². The van der Waals surface area contributed by atoms with Gasteiger partial charge in [-0.2, -0.15) is 0 Å². The van der Waals surface area contributed by atoms with Crippen molar-refractivity contribution >= 4 is 17.6 Å². The Morgan fingerprint density at radius 1 is 0.895 bits per heavy atom. The smallest absolute Gasteiger partial charge is 0.261 e. The Kier molecular flexibility index (Phi) is 6.33. The predicted molar refractivity (Wildman–Crippen MR) is 141 cm³/mol. The summed E-state index contributed by atoms with van der Waals surface area (Å²) in [6, 6.07) is 20.8. The summed E-state index contributed by atoms with van der Waals surface area (Å²) in [6.07, 6.45) is 7.08. The minimum Gasteiger partial charge on any atom is -0.483 e. The second-order valence-corrected chi connectivity index (χ2v) is 9.74. The minimum absolute atomic E-state index is 0.0599. The number of nitrogens with zero attached hydrogens (tertiary/aromatic N) is 3. The standard InChI is InChI=1S/C31H27N3O4/c35-27-12-6-11-24-25(27)13-14-28(38-29(19-33-16-15-32-20-33)21-7-2-1-3-8-21)26(24)18-34-30(36)17-22-9-4-5-10-23(22)31(34)37/h1-5,7-10,13-16,20,29H,6,11-12,17-19H2/t29-/m1/s1. The summed E-state index contributed by atoms with van der Waals surface area (Å²) >= 11 is 0. The summed E-state index contributed by atoms with van der Waals surface area (Å²) in [6.45, 7) is 0.582. The van der Waals surface area contributed by atoms with Crippen molar-refractivity contribution in [3.05, 3.63) is 119 Å². The highest BCUT2D eigenvalue weighted by atomic mass is 16.5. The summed E-state index contributed by atoms with van der Waals surface area (Å²) < 4.78 is 8.63. The van der Waals surface area contributed by atoms with Crippen molar-refractivity contribution in [1.82, 2.24) is 14.5 Å². The zero-order valence-corrected chi connectivity index (χ0v) is 20.9. The van der Waals surface area contributed by atoms with Crippen LogP contribution in [0.15, 0.2) is 85.5 Å². The zero-order chi connectivity index (χ0) is 26.1. The molecule has 0 saturated heterocycles. The Balaban J connectivity index is 1.40. The number of Topliss-reactive ketones (excluding diaryl/α,β-unsaturated/α-hetero) is 1. The van der Waals surface area contributed by atoms with Crippen LogP contribution in [0.3, 0.4) is 0 Å². The van der Waals surface area contributed by atoms with Crippen LogP contribution in [0.25, 0.3) is 0 Å². The Hall–Kier alpha value is -4.52. The molecule has 0 radical (unpaired) electrons. The van der Waals surface area contributed by atoms with Gasteiger partial charge in [0, 0.05) is 35.5 Å². The van der Waals surface area contributed by atoms with Gasteiger partial charge < -0.3 is 9.30 Å². The molecule has 2 amide bonds. The number of carbonyl (C=O) groups excluding carboxylic acids is 3. The van der Waals surface area contributed by atoms with E-state index in [2.05, 4.69) is 4.98 Å². The number of amides is 2. The predicted octanol–water partition coefficient (Wildman–Crippen LogP) is 4.95. The molecule has 1 aliphatic heterocycles. The molecule has 0 spiro atoms. The molecule has 7 heteroatoms. The topological polar surface area (TPSA) is 81.5 Å². The fourth-order valence-electron chi connectivity index (χ4n) is 5.40. The molecule has 4 aromatic rings. The van der Waals surface area contributed by atoms with Crippen LogP contribution in [-0.2, 0) is 30.7 Å². The molecule has 2 heterocycles. The Bertz CT molecular complexity index is 1510. The molecule has 1 aliphatic carbocycles. The number of hydrogen-bond acceptors (Lipinski definition) is 5. The van der Waals surface area contributed by atoms with Gasteiger partial charge in [-0.1, -0.05) is 48.5 Å². The maximum Gasteiger partial charge on any atom is 0.261 e. The van der Waals surface area contributed by atoms with E-state index >= 15 is 0 Å². The summed E-state index contributed by atoms with van der Waals surface area (Å²) in [7, 11) is 0. The van der Waals surface area contributed by atoms with Crippen LogP contribution < -0.4 is 4.74 Å². The lowest BCUT2D eigenvalue weighted by Gasteiger charge is -2.30. The van der Waals surface area contributed by atoms with Gasteiger partial charge >= 0.3 is 0 Å². The van der Waals surface area contributed by atoms with Crippen LogP contribution in [0.4, 0.5) is 0 Å². The van der Waals surface area contributed by atoms with Crippen molar-refractivity contribution < 1.29 is 19.1 Å². The van der Waals surface area contributed by atoms with Crippen LogP contribution in [0.5, 0.6) is 5.75 Å². The van der Waals surface area contributed by atoms with Gasteiger partial charge in [-0.15, -0.1) is 0 Å². The molecule has 1 atom stereocenters. The molecule has 0 bridgehead atoms. The van der Waals surface area contributed by atoms with Crippen LogP contribution in [0.1, 0.15) is 61.9 Å². The Morgan fingerprint density at radius 2 is 1.71 bits per heavy atom. The van der Waals surface area contributed by atoms with Gasteiger partial charge in [0.2, 0.25) is 5.91 Å². The summed E-state index contributed by atoms with van der Waals surface area (Å²) in [5, 5.41) is 0. The number of imidazole rings is 1. The fourth-order valence-corrected chi connectivity index (χ4v) is 5.40. The number of fused-ring (bicyclic) bond motifs is 2. The number of ketones is 1. The second kappa shape index (κ2) is 10.1. The molecule has 0 unspecified atom stereocenters. The van der Waals surface area contributed by atoms with E-state index in [1.165, 1.54) is 4.90 Å². The van der Waals surface area contributed by atoms with Crippen LogP contribution in [0.2, 0.25) is 0 Å². The molecule has 0 N–H and O–H groups in total. The lowest BCUT2D eigenvalue weighted by molar-refractivity contribution is -0.128. The van der Waals surface area contributed by atoms with Gasteiger partial charge in [0.25, 0.3) is 5.91 Å². The summed E-state index contributed by atoms with van der Waals surface area (Å²) in [5.74, 6) is 0.0866. The van der Waals surface area contributed by atoms with E-state index in [0.717, 1.165) is 28.7 Å². The summed E-state index contributed by atoms with van der Waals surface area (Å²) in [5.41, 5.74) is 4.51. The highest BCUT2D eigenvalue weighted by molar-refractivity contribution is 6.09. The Labute approximate surface area is 220 Å². The van der Waals surface area contributed by atoms with Gasteiger partial charge in [0.1, 0.15) is 11.9 Å². The molecule has 2 aliphatic rings. The number of ether oxygens (including phenoxy) is 1. The number of rotatable bonds is 7. The molecule has 0 saturated carbocycles. The van der Waals surface area contributed by atoms with Gasteiger partial charge in [0.05, 0.1) is 25.8 Å². The van der Waals surface area contributed by atoms with E-state index in [0.29, 0.717) is 36.3 Å². The molecule has 6 rings (SSSR count). The van der Waals surface area contributed by atoms with Crippen molar-refractivity contribution in [2.45, 2.75) is 44.9 Å². The van der Waals surface area contributed by atoms with Crippen LogP contribution in [0, 0.1) is 0 Å². The van der Waals surface area contributed by atoms with Crippen LogP contribution in [-0.4, -0.2) is 32.0 Å². The van der Waals surface area contributed by atoms with E-state index in [4.69, 9.17) is 4.74 Å². The first-order valence-electron chi connectivity index (χ1n) is 12.9.